The normalized spacial score (nSPS) is 12.1. The third-order valence-electron chi connectivity index (χ3n) is 4.03. The second-order valence-electron chi connectivity index (χ2n) is 5.97. The number of anilines is 1. The van der Waals surface area contributed by atoms with Gasteiger partial charge in [-0.2, -0.15) is 17.5 Å². The van der Waals surface area contributed by atoms with Crippen molar-refractivity contribution in [2.24, 2.45) is 0 Å². The number of carbonyl (C=O) groups excluding carboxylic acids is 1. The van der Waals surface area contributed by atoms with Gasteiger partial charge in [-0.05, 0) is 48.5 Å². The fraction of sp³-hybridized carbons (Fsp3) is 0.316. The molecule has 0 aromatic heterocycles. The lowest BCUT2D eigenvalue weighted by Crippen LogP contribution is -2.30. The van der Waals surface area contributed by atoms with Crippen LogP contribution in [0.3, 0.4) is 0 Å². The van der Waals surface area contributed by atoms with Gasteiger partial charge < -0.3 is 10.1 Å². The number of nitrogens with one attached hydrogen (secondary N) is 1. The van der Waals surface area contributed by atoms with Crippen LogP contribution in [-0.2, 0) is 21.0 Å². The quantitative estimate of drug-likeness (QED) is 0.692. The Morgan fingerprint density at radius 2 is 1.55 bits per heavy atom. The van der Waals surface area contributed by atoms with Gasteiger partial charge in [-0.25, -0.2) is 8.42 Å². The van der Waals surface area contributed by atoms with E-state index in [1.54, 1.807) is 13.8 Å². The molecule has 0 saturated carbocycles. The summed E-state index contributed by atoms with van der Waals surface area (Å²) in [5.74, 6) is -0.418. The van der Waals surface area contributed by atoms with E-state index in [1.807, 2.05) is 0 Å². The number of ether oxygens (including phenoxy) is 1. The number of amides is 1. The van der Waals surface area contributed by atoms with Crippen LogP contribution in [0, 0.1) is 0 Å². The summed E-state index contributed by atoms with van der Waals surface area (Å²) in [6.07, 6.45) is -4.44. The van der Waals surface area contributed by atoms with Crippen LogP contribution in [0.1, 0.15) is 19.4 Å². The molecule has 0 atom stereocenters. The summed E-state index contributed by atoms with van der Waals surface area (Å²) in [4.78, 5) is 12.1. The minimum absolute atomic E-state index is 0.111. The van der Waals surface area contributed by atoms with Crippen LogP contribution in [0.25, 0.3) is 0 Å². The highest BCUT2D eigenvalue weighted by molar-refractivity contribution is 7.89. The predicted octanol–water partition coefficient (Wildman–Crippen LogP) is 3.75. The summed E-state index contributed by atoms with van der Waals surface area (Å²) in [5, 5.41) is 2.53. The Kier molecular flexibility index (Phi) is 7.26. The number of alkyl halides is 3. The molecule has 0 fully saturated rings. The van der Waals surface area contributed by atoms with Crippen molar-refractivity contribution in [1.82, 2.24) is 4.31 Å². The van der Waals surface area contributed by atoms with Crippen LogP contribution in [0.15, 0.2) is 53.4 Å². The van der Waals surface area contributed by atoms with Crippen LogP contribution in [-0.4, -0.2) is 38.3 Å². The van der Waals surface area contributed by atoms with Gasteiger partial charge in [-0.3, -0.25) is 4.79 Å². The monoisotopic (exact) mass is 430 g/mol. The first-order chi connectivity index (χ1) is 13.6. The Labute approximate surface area is 167 Å². The van der Waals surface area contributed by atoms with Gasteiger partial charge in [-0.15, -0.1) is 0 Å². The molecule has 0 saturated heterocycles. The molecule has 0 aliphatic carbocycles. The number of rotatable bonds is 8. The second-order valence-corrected chi connectivity index (χ2v) is 7.91. The summed E-state index contributed by atoms with van der Waals surface area (Å²) >= 11 is 0. The second kappa shape index (κ2) is 9.27. The molecule has 0 spiro atoms. The van der Waals surface area contributed by atoms with Crippen LogP contribution in [0.2, 0.25) is 0 Å². The molecular weight excluding hydrogens is 409 g/mol. The number of hydrogen-bond donors (Lipinski definition) is 1. The molecule has 0 heterocycles. The number of hydrogen-bond acceptors (Lipinski definition) is 4. The maximum atomic E-state index is 12.5. The zero-order valence-electron chi connectivity index (χ0n) is 15.9. The van der Waals surface area contributed by atoms with Crippen molar-refractivity contribution in [3.05, 3.63) is 54.1 Å². The van der Waals surface area contributed by atoms with E-state index in [0.717, 1.165) is 24.3 Å². The lowest BCUT2D eigenvalue weighted by Gasteiger charge is -2.18. The van der Waals surface area contributed by atoms with E-state index in [4.69, 9.17) is 4.74 Å². The van der Waals surface area contributed by atoms with Gasteiger partial charge in [0.25, 0.3) is 5.91 Å². The third kappa shape index (κ3) is 5.94. The predicted molar refractivity (Wildman–Crippen MR) is 102 cm³/mol. The number of halogens is 3. The number of nitrogens with zero attached hydrogens (tertiary/aromatic N) is 1. The zero-order valence-corrected chi connectivity index (χ0v) is 16.7. The molecule has 0 aliphatic rings. The van der Waals surface area contributed by atoms with E-state index < -0.39 is 34.3 Å². The minimum atomic E-state index is -4.44. The van der Waals surface area contributed by atoms with Gasteiger partial charge in [0.15, 0.2) is 6.61 Å². The van der Waals surface area contributed by atoms with E-state index in [-0.39, 0.29) is 10.6 Å². The molecule has 0 aliphatic heterocycles. The van der Waals surface area contributed by atoms with Gasteiger partial charge in [0.05, 0.1) is 10.5 Å². The summed E-state index contributed by atoms with van der Waals surface area (Å²) in [5.41, 5.74) is -0.446. The smallest absolute Gasteiger partial charge is 0.416 e. The molecule has 1 amide bonds. The molecule has 2 rings (SSSR count). The van der Waals surface area contributed by atoms with E-state index in [9.17, 15) is 26.4 Å². The average molecular weight is 430 g/mol. The Morgan fingerprint density at radius 1 is 1.00 bits per heavy atom. The van der Waals surface area contributed by atoms with Crippen molar-refractivity contribution in [2.75, 3.05) is 25.0 Å². The first kappa shape index (κ1) is 22.7. The van der Waals surface area contributed by atoms with E-state index in [0.29, 0.717) is 18.8 Å². The first-order valence-corrected chi connectivity index (χ1v) is 10.2. The highest BCUT2D eigenvalue weighted by Crippen LogP contribution is 2.30. The van der Waals surface area contributed by atoms with E-state index in [2.05, 4.69) is 5.32 Å². The van der Waals surface area contributed by atoms with Gasteiger partial charge in [-0.1, -0.05) is 13.8 Å². The highest BCUT2D eigenvalue weighted by atomic mass is 32.2. The topological polar surface area (TPSA) is 75.7 Å². The maximum absolute atomic E-state index is 12.5. The average Bonchev–Trinajstić information content (AvgIpc) is 2.67. The van der Waals surface area contributed by atoms with Crippen molar-refractivity contribution >= 4 is 21.6 Å². The fourth-order valence-electron chi connectivity index (χ4n) is 2.51. The van der Waals surface area contributed by atoms with Crippen molar-refractivity contribution in [3.8, 4) is 5.75 Å². The molecule has 2 aromatic rings. The Balaban J connectivity index is 1.94. The van der Waals surface area contributed by atoms with Crippen LogP contribution in [0.5, 0.6) is 5.75 Å². The summed E-state index contributed by atoms with van der Waals surface area (Å²) in [6.45, 7) is 3.76. The molecule has 10 heteroatoms. The van der Waals surface area contributed by atoms with E-state index >= 15 is 0 Å². The van der Waals surface area contributed by atoms with Crippen LogP contribution in [0.4, 0.5) is 18.9 Å². The van der Waals surface area contributed by atoms with Crippen LogP contribution < -0.4 is 10.1 Å². The molecular formula is C19H21F3N2O4S. The maximum Gasteiger partial charge on any atom is 0.416 e. The third-order valence-corrected chi connectivity index (χ3v) is 6.10. The van der Waals surface area contributed by atoms with Gasteiger partial charge >= 0.3 is 6.18 Å². The van der Waals surface area contributed by atoms with Gasteiger partial charge in [0.1, 0.15) is 5.75 Å². The largest absolute Gasteiger partial charge is 0.484 e. The standard InChI is InChI=1S/C19H21F3N2O4S/c1-3-24(4-2)29(26,27)17-11-7-15(8-12-17)23-18(25)13-28-16-9-5-14(6-10-16)19(20,21)22/h5-12H,3-4,13H2,1-2H3,(H,23,25). The van der Waals surface area contributed by atoms with Crippen molar-refractivity contribution in [2.45, 2.75) is 24.9 Å². The fourth-order valence-corrected chi connectivity index (χ4v) is 3.97. The lowest BCUT2D eigenvalue weighted by molar-refractivity contribution is -0.137. The van der Waals surface area contributed by atoms with Crippen molar-refractivity contribution < 1.29 is 31.1 Å². The zero-order chi connectivity index (χ0) is 21.7. The van der Waals surface area contributed by atoms with Gasteiger partial charge in [0, 0.05) is 18.8 Å². The highest BCUT2D eigenvalue weighted by Gasteiger charge is 2.30. The van der Waals surface area contributed by atoms with Crippen molar-refractivity contribution in [1.29, 1.82) is 0 Å². The number of carbonyl (C=O) groups is 1. The molecule has 0 bridgehead atoms. The van der Waals surface area contributed by atoms with E-state index in [1.165, 1.54) is 28.6 Å². The molecule has 158 valence electrons. The molecule has 1 N–H and O–H groups in total. The Morgan fingerprint density at radius 3 is 2.03 bits per heavy atom. The summed E-state index contributed by atoms with van der Waals surface area (Å²) in [7, 11) is -3.59. The number of sulfonamides is 1. The summed E-state index contributed by atoms with van der Waals surface area (Å²) < 4.78 is 68.9. The Bertz CT molecular complexity index is 923. The minimum Gasteiger partial charge on any atom is -0.484 e. The summed E-state index contributed by atoms with van der Waals surface area (Å²) in [6, 6.07) is 9.66. The van der Waals surface area contributed by atoms with Crippen molar-refractivity contribution in [3.63, 3.8) is 0 Å². The number of benzene rings is 2. The SMILES string of the molecule is CCN(CC)S(=O)(=O)c1ccc(NC(=O)COc2ccc(C(F)(F)F)cc2)cc1. The lowest BCUT2D eigenvalue weighted by atomic mass is 10.2. The Hall–Kier alpha value is -2.59. The molecule has 2 aromatic carbocycles. The molecule has 0 radical (unpaired) electrons. The van der Waals surface area contributed by atoms with Gasteiger partial charge in [0.2, 0.25) is 10.0 Å². The molecule has 29 heavy (non-hydrogen) atoms. The molecule has 0 unspecified atom stereocenters. The van der Waals surface area contributed by atoms with Crippen LogP contribution >= 0.6 is 0 Å². The first-order valence-electron chi connectivity index (χ1n) is 8.78. The molecule has 6 nitrogen and oxygen atoms in total.